The molecule has 0 aliphatic carbocycles. The van der Waals surface area contributed by atoms with Gasteiger partial charge in [-0.2, -0.15) is 0 Å². The van der Waals surface area contributed by atoms with Crippen molar-refractivity contribution < 1.29 is 18.8 Å². The number of ether oxygens (including phenoxy) is 1. The summed E-state index contributed by atoms with van der Waals surface area (Å²) in [4.78, 5) is 17.2. The molecular formula is C20H30FN4O2S+. The van der Waals surface area contributed by atoms with Crippen molar-refractivity contribution >= 4 is 28.8 Å². The average molecular weight is 410 g/mol. The topological polar surface area (TPSA) is 49.2 Å². The van der Waals surface area contributed by atoms with Crippen molar-refractivity contribution in [1.29, 1.82) is 0 Å². The highest BCUT2D eigenvalue weighted by Crippen LogP contribution is 2.22. The number of quaternary nitrogens is 1. The van der Waals surface area contributed by atoms with E-state index >= 15 is 0 Å². The molecule has 0 bridgehead atoms. The molecule has 1 aromatic carbocycles. The van der Waals surface area contributed by atoms with Gasteiger partial charge in [-0.25, -0.2) is 4.39 Å². The number of anilines is 1. The third-order valence-electron chi connectivity index (χ3n) is 5.45. The maximum atomic E-state index is 14.4. The molecule has 0 atom stereocenters. The van der Waals surface area contributed by atoms with Gasteiger partial charge >= 0.3 is 0 Å². The van der Waals surface area contributed by atoms with Crippen molar-refractivity contribution in [3.8, 4) is 0 Å². The number of halogens is 1. The van der Waals surface area contributed by atoms with Gasteiger partial charge in [0.25, 0.3) is 0 Å². The summed E-state index contributed by atoms with van der Waals surface area (Å²) in [6.45, 7) is 10.3. The largest absolute Gasteiger partial charge is 0.370 e. The molecule has 3 rings (SSSR count). The molecule has 2 saturated heterocycles. The predicted molar refractivity (Wildman–Crippen MR) is 112 cm³/mol. The van der Waals surface area contributed by atoms with Crippen molar-refractivity contribution in [3.63, 3.8) is 0 Å². The zero-order chi connectivity index (χ0) is 19.9. The van der Waals surface area contributed by atoms with Gasteiger partial charge in [-0.05, 0) is 37.3 Å². The molecule has 0 spiro atoms. The van der Waals surface area contributed by atoms with Crippen molar-refractivity contribution in [1.82, 2.24) is 10.2 Å². The van der Waals surface area contributed by atoms with Crippen LogP contribution in [-0.4, -0.2) is 81.4 Å². The Morgan fingerprint density at radius 3 is 2.61 bits per heavy atom. The lowest BCUT2D eigenvalue weighted by Gasteiger charge is -2.37. The summed E-state index contributed by atoms with van der Waals surface area (Å²) >= 11 is 5.53. The third-order valence-corrected chi connectivity index (χ3v) is 5.85. The van der Waals surface area contributed by atoms with Crippen LogP contribution < -0.4 is 15.1 Å². The van der Waals surface area contributed by atoms with Crippen LogP contribution in [0.25, 0.3) is 0 Å². The van der Waals surface area contributed by atoms with Gasteiger partial charge in [0.2, 0.25) is 0 Å². The first-order chi connectivity index (χ1) is 13.5. The smallest absolute Gasteiger partial charge is 0.169 e. The molecular weight excluding hydrogens is 379 g/mol. The van der Waals surface area contributed by atoms with Crippen molar-refractivity contribution in [3.05, 3.63) is 29.6 Å². The lowest BCUT2D eigenvalue weighted by Crippen LogP contribution is -3.14. The zero-order valence-corrected chi connectivity index (χ0v) is 17.3. The first-order valence-electron chi connectivity index (χ1n) is 10.0. The molecule has 0 aromatic heterocycles. The number of Topliss-reactive ketones (excluding diaryl/α,β-unsaturated/α-hetero) is 1. The molecule has 0 amide bonds. The van der Waals surface area contributed by atoms with Gasteiger partial charge in [0, 0.05) is 44.7 Å². The fourth-order valence-electron chi connectivity index (χ4n) is 3.69. The number of nitrogens with zero attached hydrogens (tertiary/aromatic N) is 2. The number of carbonyl (C=O) groups is 1. The number of morpholine rings is 1. The second-order valence-corrected chi connectivity index (χ2v) is 7.78. The van der Waals surface area contributed by atoms with Crippen LogP contribution in [0.4, 0.5) is 10.1 Å². The molecule has 28 heavy (non-hydrogen) atoms. The summed E-state index contributed by atoms with van der Waals surface area (Å²) in [6, 6.07) is 4.72. The molecule has 2 aliphatic heterocycles. The molecule has 2 heterocycles. The minimum atomic E-state index is -0.340. The van der Waals surface area contributed by atoms with Crippen LogP contribution in [0.5, 0.6) is 0 Å². The molecule has 0 unspecified atom stereocenters. The molecule has 1 aromatic rings. The van der Waals surface area contributed by atoms with Gasteiger partial charge in [-0.1, -0.05) is 0 Å². The van der Waals surface area contributed by atoms with Gasteiger partial charge in [0.1, 0.15) is 18.9 Å². The number of benzene rings is 1. The number of thiocarbonyl (C=S) groups is 1. The summed E-state index contributed by atoms with van der Waals surface area (Å²) in [5.74, 6) is -0.464. The lowest BCUT2D eigenvalue weighted by atomic mass is 10.1. The Bertz CT molecular complexity index is 689. The van der Waals surface area contributed by atoms with Crippen LogP contribution >= 0.6 is 12.2 Å². The van der Waals surface area contributed by atoms with Crippen LogP contribution in [0.1, 0.15) is 23.7 Å². The van der Waals surface area contributed by atoms with Gasteiger partial charge in [-0.3, -0.25) is 4.79 Å². The van der Waals surface area contributed by atoms with Gasteiger partial charge < -0.3 is 24.8 Å². The standard InChI is InChI=1S/C20H29FN4O2S/c1-16(26)17-3-4-19(18(21)15-17)24-7-9-25(10-8-24)20(28)22-5-2-6-23-11-13-27-14-12-23/h3-4,15H,2,5-14H2,1H3,(H,22,28)/p+1. The van der Waals surface area contributed by atoms with E-state index in [1.165, 1.54) is 13.0 Å². The number of rotatable bonds is 6. The number of piperazine rings is 1. The molecule has 2 N–H and O–H groups in total. The minimum Gasteiger partial charge on any atom is -0.370 e. The van der Waals surface area contributed by atoms with Crippen molar-refractivity contribution in [2.45, 2.75) is 13.3 Å². The Morgan fingerprint density at radius 2 is 1.96 bits per heavy atom. The number of nitrogens with one attached hydrogen (secondary N) is 2. The molecule has 154 valence electrons. The SMILES string of the molecule is CC(=O)c1ccc(N2CCN(C(=S)NCCC[NH+]3CCOCC3)CC2)c(F)c1. The molecule has 2 fully saturated rings. The Morgan fingerprint density at radius 1 is 1.25 bits per heavy atom. The molecule has 0 radical (unpaired) electrons. The molecule has 6 nitrogen and oxygen atoms in total. The van der Waals surface area contributed by atoms with E-state index in [1.54, 1.807) is 17.0 Å². The van der Waals surface area contributed by atoms with E-state index in [4.69, 9.17) is 17.0 Å². The quantitative estimate of drug-likeness (QED) is 0.401. The van der Waals surface area contributed by atoms with Crippen LogP contribution in [0.3, 0.4) is 0 Å². The van der Waals surface area contributed by atoms with E-state index in [0.717, 1.165) is 64.0 Å². The van der Waals surface area contributed by atoms with Gasteiger partial charge in [0.05, 0.1) is 25.4 Å². The maximum Gasteiger partial charge on any atom is 0.169 e. The van der Waals surface area contributed by atoms with E-state index in [-0.39, 0.29) is 11.6 Å². The lowest BCUT2D eigenvalue weighted by molar-refractivity contribution is -0.908. The van der Waals surface area contributed by atoms with Crippen LogP contribution in [-0.2, 0) is 4.74 Å². The second-order valence-electron chi connectivity index (χ2n) is 7.39. The predicted octanol–water partition coefficient (Wildman–Crippen LogP) is 0.330. The Balaban J connectivity index is 1.39. The highest BCUT2D eigenvalue weighted by molar-refractivity contribution is 7.80. The van der Waals surface area contributed by atoms with Crippen molar-refractivity contribution in [2.75, 3.05) is 70.5 Å². The van der Waals surface area contributed by atoms with E-state index in [1.807, 2.05) is 4.90 Å². The first kappa shape index (κ1) is 21.0. The van der Waals surface area contributed by atoms with Crippen LogP contribution in [0.2, 0.25) is 0 Å². The van der Waals surface area contributed by atoms with E-state index in [9.17, 15) is 9.18 Å². The number of hydrogen-bond acceptors (Lipinski definition) is 4. The number of carbonyl (C=O) groups excluding carboxylic acids is 1. The summed E-state index contributed by atoms with van der Waals surface area (Å²) in [5.41, 5.74) is 0.959. The monoisotopic (exact) mass is 409 g/mol. The summed E-state index contributed by atoms with van der Waals surface area (Å²) in [6.07, 6.45) is 1.09. The fraction of sp³-hybridized carbons (Fsp3) is 0.600. The Labute approximate surface area is 171 Å². The van der Waals surface area contributed by atoms with Crippen LogP contribution in [0.15, 0.2) is 18.2 Å². The van der Waals surface area contributed by atoms with E-state index in [2.05, 4.69) is 10.2 Å². The average Bonchev–Trinajstić information content (AvgIpc) is 2.72. The van der Waals surface area contributed by atoms with Gasteiger partial charge in [-0.15, -0.1) is 0 Å². The highest BCUT2D eigenvalue weighted by atomic mass is 32.1. The highest BCUT2D eigenvalue weighted by Gasteiger charge is 2.21. The number of ketones is 1. The van der Waals surface area contributed by atoms with E-state index < -0.39 is 0 Å². The second kappa shape index (κ2) is 10.1. The maximum absolute atomic E-state index is 14.4. The first-order valence-corrected chi connectivity index (χ1v) is 10.4. The van der Waals surface area contributed by atoms with E-state index in [0.29, 0.717) is 24.3 Å². The third kappa shape index (κ3) is 5.62. The van der Waals surface area contributed by atoms with Crippen LogP contribution in [0, 0.1) is 5.82 Å². The zero-order valence-electron chi connectivity index (χ0n) is 16.5. The number of hydrogen-bond donors (Lipinski definition) is 2. The molecule has 8 heteroatoms. The minimum absolute atomic E-state index is 0.123. The van der Waals surface area contributed by atoms with Crippen molar-refractivity contribution in [2.24, 2.45) is 0 Å². The molecule has 0 saturated carbocycles. The summed E-state index contributed by atoms with van der Waals surface area (Å²) in [5, 5.41) is 4.14. The summed E-state index contributed by atoms with van der Waals surface area (Å²) < 4.78 is 19.7. The molecule has 2 aliphatic rings. The Kier molecular flexibility index (Phi) is 7.58. The van der Waals surface area contributed by atoms with Gasteiger partial charge in [0.15, 0.2) is 10.9 Å². The summed E-state index contributed by atoms with van der Waals surface area (Å²) in [7, 11) is 0. The normalized spacial score (nSPS) is 18.2. The Hall–Kier alpha value is -1.77. The fourth-order valence-corrected chi connectivity index (χ4v) is 3.97.